The molecule has 0 nitrogen and oxygen atoms in total. The smallest absolute Gasteiger partial charge is 1.00 e. The first-order valence-electron chi connectivity index (χ1n) is 6.60. The summed E-state index contributed by atoms with van der Waals surface area (Å²) in [6.45, 7) is 0. The predicted molar refractivity (Wildman–Crippen MR) is 73.5 cm³/mol. The van der Waals surface area contributed by atoms with Crippen molar-refractivity contribution in [2.45, 2.75) is 51.4 Å². The van der Waals surface area contributed by atoms with Gasteiger partial charge in [0.1, 0.15) is 0 Å². The van der Waals surface area contributed by atoms with Gasteiger partial charge in [-0.15, -0.1) is 0 Å². The Balaban J connectivity index is -0.000000233. The molecule has 0 saturated heterocycles. The van der Waals surface area contributed by atoms with E-state index in [9.17, 15) is 0 Å². The molecule has 0 saturated carbocycles. The molecule has 0 aromatic rings. The van der Waals surface area contributed by atoms with Crippen LogP contribution in [0.15, 0.2) is 48.6 Å². The van der Waals surface area contributed by atoms with Crippen LogP contribution in [0.2, 0.25) is 0 Å². The molecule has 0 heterocycles. The molecule has 0 N–H and O–H groups in total. The van der Waals surface area contributed by atoms with Crippen LogP contribution in [0.5, 0.6) is 0 Å². The van der Waals surface area contributed by atoms with Gasteiger partial charge in [0.15, 0.2) is 0 Å². The zero-order valence-corrected chi connectivity index (χ0v) is 14.4. The Morgan fingerprint density at radius 1 is 0.316 bits per heavy atom. The van der Waals surface area contributed by atoms with Gasteiger partial charge in [-0.3, -0.25) is 0 Å². The fourth-order valence-electron chi connectivity index (χ4n) is 1.71. The molecule has 0 bridgehead atoms. The molecule has 0 fully saturated rings. The second-order valence-electron chi connectivity index (χ2n) is 4.20. The van der Waals surface area contributed by atoms with Crippen LogP contribution in [0.4, 0.5) is 0 Å². The maximum Gasteiger partial charge on any atom is 2.00 e. The zero-order chi connectivity index (χ0) is 11.3. The van der Waals surface area contributed by atoms with Crippen molar-refractivity contribution < 1.29 is 45.2 Å². The molecule has 0 amide bonds. The van der Waals surface area contributed by atoms with E-state index in [2.05, 4.69) is 48.6 Å². The van der Waals surface area contributed by atoms with E-state index >= 15 is 0 Å². The van der Waals surface area contributed by atoms with Crippen LogP contribution < -0.4 is 24.8 Å². The van der Waals surface area contributed by atoms with Gasteiger partial charge in [0.25, 0.3) is 0 Å². The van der Waals surface area contributed by atoms with Gasteiger partial charge in [-0.05, 0) is 51.4 Å². The summed E-state index contributed by atoms with van der Waals surface area (Å²) in [5, 5.41) is 0. The molecule has 0 aromatic carbocycles. The second-order valence-corrected chi connectivity index (χ2v) is 4.20. The minimum Gasteiger partial charge on any atom is -1.00 e. The van der Waals surface area contributed by atoms with E-state index in [1.54, 1.807) is 0 Å². The molecule has 0 aliphatic heterocycles. The first-order valence-corrected chi connectivity index (χ1v) is 6.60. The summed E-state index contributed by atoms with van der Waals surface area (Å²) in [6, 6.07) is 0. The van der Waals surface area contributed by atoms with Gasteiger partial charge in [-0.2, -0.15) is 0 Å². The average Bonchev–Trinajstić information content (AvgIpc) is 2.15. The minimum atomic E-state index is 0. The second kappa shape index (κ2) is 20.5. The summed E-state index contributed by atoms with van der Waals surface area (Å²) in [7, 11) is 0. The van der Waals surface area contributed by atoms with Crippen molar-refractivity contribution in [3.63, 3.8) is 0 Å². The summed E-state index contributed by atoms with van der Waals surface area (Å²) in [5.41, 5.74) is 0. The topological polar surface area (TPSA) is 0 Å². The van der Waals surface area contributed by atoms with Crippen molar-refractivity contribution >= 4 is 0 Å². The molecule has 3 heteroatoms. The molecule has 2 rings (SSSR count). The van der Waals surface area contributed by atoms with E-state index in [-0.39, 0.29) is 45.2 Å². The largest absolute Gasteiger partial charge is 2.00 e. The Bertz CT molecular complexity index is 188. The summed E-state index contributed by atoms with van der Waals surface area (Å²) >= 11 is 0. The number of hydrogen-bond acceptors (Lipinski definition) is 0. The molecule has 0 radical (unpaired) electrons. The van der Waals surface area contributed by atoms with Crippen molar-refractivity contribution in [1.29, 1.82) is 0 Å². The Hall–Kier alpha value is 0.202. The fourth-order valence-corrected chi connectivity index (χ4v) is 1.71. The van der Waals surface area contributed by atoms with E-state index in [1.807, 2.05) is 0 Å². The summed E-state index contributed by atoms with van der Waals surface area (Å²) in [6.07, 6.45) is 28.0. The Labute approximate surface area is 145 Å². The predicted octanol–water partition coefficient (Wildman–Crippen LogP) is -0.649. The Kier molecular flexibility index (Phi) is 26.2. The first kappa shape index (κ1) is 24.2. The van der Waals surface area contributed by atoms with E-state index in [1.165, 1.54) is 51.4 Å². The van der Waals surface area contributed by atoms with Crippen LogP contribution in [0.3, 0.4) is 0 Å². The van der Waals surface area contributed by atoms with E-state index < -0.39 is 0 Å². The van der Waals surface area contributed by atoms with Gasteiger partial charge in [0, 0.05) is 0 Å². The third-order valence-electron chi connectivity index (χ3n) is 2.67. The first-order chi connectivity index (χ1) is 8.00. The van der Waals surface area contributed by atoms with Crippen molar-refractivity contribution in [3.8, 4) is 0 Å². The maximum atomic E-state index is 2.27. The number of halogens is 2. The molecule has 0 aromatic heterocycles. The van der Waals surface area contributed by atoms with E-state index in [0.717, 1.165) is 0 Å². The maximum absolute atomic E-state index is 2.27. The fraction of sp³-hybridized carbons (Fsp3) is 0.500. The average molecular weight is 394 g/mol. The van der Waals surface area contributed by atoms with Gasteiger partial charge in [-0.1, -0.05) is 48.6 Å². The third kappa shape index (κ3) is 18.2. The van der Waals surface area contributed by atoms with Crippen LogP contribution >= 0.6 is 0 Å². The molecule has 0 atom stereocenters. The van der Waals surface area contributed by atoms with Gasteiger partial charge < -0.3 is 24.8 Å². The number of allylic oxidation sites excluding steroid dienone is 8. The molecule has 19 heavy (non-hydrogen) atoms. The van der Waals surface area contributed by atoms with E-state index in [4.69, 9.17) is 0 Å². The van der Waals surface area contributed by atoms with Crippen LogP contribution in [-0.4, -0.2) is 0 Å². The van der Waals surface area contributed by atoms with Crippen molar-refractivity contribution in [3.05, 3.63) is 48.6 Å². The van der Waals surface area contributed by atoms with Crippen molar-refractivity contribution in [2.75, 3.05) is 0 Å². The monoisotopic (exact) mass is 392 g/mol. The molecule has 2 aliphatic rings. The van der Waals surface area contributed by atoms with Crippen LogP contribution in [0, 0.1) is 0 Å². The van der Waals surface area contributed by atoms with Crippen LogP contribution in [-0.2, 0) is 20.4 Å². The third-order valence-corrected chi connectivity index (χ3v) is 2.67. The molecule has 0 unspecified atom stereocenters. The van der Waals surface area contributed by atoms with Crippen molar-refractivity contribution in [2.24, 2.45) is 0 Å². The van der Waals surface area contributed by atoms with E-state index in [0.29, 0.717) is 0 Å². The summed E-state index contributed by atoms with van der Waals surface area (Å²) < 4.78 is 0. The molecule has 112 valence electrons. The molecule has 0 spiro atoms. The van der Waals surface area contributed by atoms with Gasteiger partial charge >= 0.3 is 20.4 Å². The standard InChI is InChI=1S/2C8H12.2ClH.Pd/c2*1-2-4-6-8-7-5-3-1;;;/h2*1-2,7-8H,3-6H2;2*1H;/q;;;;+2/p-2/b2*2-1-,8-7-;;;. The van der Waals surface area contributed by atoms with Crippen LogP contribution in [0.25, 0.3) is 0 Å². The van der Waals surface area contributed by atoms with Crippen LogP contribution in [0.1, 0.15) is 51.4 Å². The SMILES string of the molecule is C1=C\CC/C=C\CC/1.C1=C\CC/C=C\CC/1.[Cl-].[Cl-].[Pd+2]. The quantitative estimate of drug-likeness (QED) is 0.379. The Morgan fingerprint density at radius 3 is 0.526 bits per heavy atom. The minimum absolute atomic E-state index is 0. The zero-order valence-electron chi connectivity index (χ0n) is 11.3. The molecule has 2 aliphatic carbocycles. The number of rotatable bonds is 0. The Morgan fingerprint density at radius 2 is 0.421 bits per heavy atom. The van der Waals surface area contributed by atoms with Crippen molar-refractivity contribution in [1.82, 2.24) is 0 Å². The molecular weight excluding hydrogens is 370 g/mol. The van der Waals surface area contributed by atoms with Gasteiger partial charge in [0.05, 0.1) is 0 Å². The molecular formula is C16H24Cl2Pd. The van der Waals surface area contributed by atoms with Gasteiger partial charge in [-0.25, -0.2) is 0 Å². The summed E-state index contributed by atoms with van der Waals surface area (Å²) in [4.78, 5) is 0. The summed E-state index contributed by atoms with van der Waals surface area (Å²) in [5.74, 6) is 0. The van der Waals surface area contributed by atoms with Gasteiger partial charge in [0.2, 0.25) is 0 Å². The number of hydrogen-bond donors (Lipinski definition) is 0. The normalized spacial score (nSPS) is 23.6.